The van der Waals surface area contributed by atoms with Crippen LogP contribution < -0.4 is 10.1 Å². The standard InChI is InChI=1S/C17H16N4O3/c1-23-13-7-9-18-14(11-13)16(22)19-10-8-15-20-21-17(24-15)12-5-3-2-4-6-12/h2-7,9,11H,8,10H2,1H3,(H,19,22). The summed E-state index contributed by atoms with van der Waals surface area (Å²) >= 11 is 0. The molecule has 3 rings (SSSR count). The van der Waals surface area contributed by atoms with Gasteiger partial charge in [0.2, 0.25) is 11.8 Å². The molecule has 1 amide bonds. The zero-order chi connectivity index (χ0) is 16.8. The van der Waals surface area contributed by atoms with Crippen molar-refractivity contribution in [3.63, 3.8) is 0 Å². The molecule has 1 aromatic carbocycles. The lowest BCUT2D eigenvalue weighted by molar-refractivity contribution is 0.0948. The minimum atomic E-state index is -0.281. The molecule has 7 heteroatoms. The van der Waals surface area contributed by atoms with Crippen LogP contribution in [0.2, 0.25) is 0 Å². The monoisotopic (exact) mass is 324 g/mol. The van der Waals surface area contributed by atoms with Crippen molar-refractivity contribution in [2.45, 2.75) is 6.42 Å². The number of methoxy groups -OCH3 is 1. The van der Waals surface area contributed by atoms with Crippen molar-refractivity contribution in [1.29, 1.82) is 0 Å². The molecule has 0 unspecified atom stereocenters. The van der Waals surface area contributed by atoms with Crippen molar-refractivity contribution < 1.29 is 13.9 Å². The van der Waals surface area contributed by atoms with Crippen molar-refractivity contribution in [3.05, 3.63) is 60.2 Å². The summed E-state index contributed by atoms with van der Waals surface area (Å²) in [4.78, 5) is 16.0. The summed E-state index contributed by atoms with van der Waals surface area (Å²) < 4.78 is 10.7. The molecule has 7 nitrogen and oxygen atoms in total. The zero-order valence-electron chi connectivity index (χ0n) is 13.1. The molecule has 0 saturated heterocycles. The highest BCUT2D eigenvalue weighted by Crippen LogP contribution is 2.16. The Bertz CT molecular complexity index is 817. The van der Waals surface area contributed by atoms with E-state index < -0.39 is 0 Å². The molecule has 0 aliphatic heterocycles. The number of hydrogen-bond acceptors (Lipinski definition) is 6. The van der Waals surface area contributed by atoms with Gasteiger partial charge in [-0.25, -0.2) is 0 Å². The van der Waals surface area contributed by atoms with Crippen molar-refractivity contribution >= 4 is 5.91 Å². The predicted molar refractivity (Wildman–Crippen MR) is 86.6 cm³/mol. The van der Waals surface area contributed by atoms with Gasteiger partial charge in [0, 0.05) is 30.8 Å². The quantitative estimate of drug-likeness (QED) is 0.747. The van der Waals surface area contributed by atoms with Gasteiger partial charge in [-0.1, -0.05) is 18.2 Å². The third-order valence-electron chi connectivity index (χ3n) is 3.31. The second kappa shape index (κ2) is 7.36. The summed E-state index contributed by atoms with van der Waals surface area (Å²) in [5, 5.41) is 10.8. The molecule has 0 fully saturated rings. The molecular formula is C17H16N4O3. The van der Waals surface area contributed by atoms with E-state index in [0.29, 0.717) is 36.2 Å². The fourth-order valence-corrected chi connectivity index (χ4v) is 2.09. The summed E-state index contributed by atoms with van der Waals surface area (Å²) in [6.07, 6.45) is 1.97. The minimum absolute atomic E-state index is 0.281. The molecule has 1 N–H and O–H groups in total. The Morgan fingerprint density at radius 2 is 2.04 bits per heavy atom. The van der Waals surface area contributed by atoms with E-state index in [1.165, 1.54) is 13.3 Å². The van der Waals surface area contributed by atoms with Gasteiger partial charge in [-0.2, -0.15) is 0 Å². The molecule has 0 bridgehead atoms. The van der Waals surface area contributed by atoms with Crippen LogP contribution in [0, 0.1) is 0 Å². The number of carbonyl (C=O) groups excluding carboxylic acids is 1. The molecule has 0 spiro atoms. The summed E-state index contributed by atoms with van der Waals surface area (Å²) in [7, 11) is 1.54. The van der Waals surface area contributed by atoms with Crippen LogP contribution in [0.1, 0.15) is 16.4 Å². The van der Waals surface area contributed by atoms with Gasteiger partial charge in [-0.3, -0.25) is 9.78 Å². The van der Waals surface area contributed by atoms with Crippen molar-refractivity contribution in [2.24, 2.45) is 0 Å². The lowest BCUT2D eigenvalue weighted by atomic mass is 10.2. The molecule has 2 aromatic heterocycles. The lowest BCUT2D eigenvalue weighted by Gasteiger charge is -2.04. The Morgan fingerprint density at radius 1 is 1.21 bits per heavy atom. The number of amides is 1. The predicted octanol–water partition coefficient (Wildman–Crippen LogP) is 2.11. The van der Waals surface area contributed by atoms with Gasteiger partial charge in [-0.15, -0.1) is 10.2 Å². The lowest BCUT2D eigenvalue weighted by Crippen LogP contribution is -2.26. The summed E-state index contributed by atoms with van der Waals surface area (Å²) in [5.74, 6) is 1.23. The Hall–Kier alpha value is -3.22. The van der Waals surface area contributed by atoms with Gasteiger partial charge in [0.05, 0.1) is 7.11 Å². The van der Waals surface area contributed by atoms with E-state index in [1.807, 2.05) is 30.3 Å². The second-order valence-electron chi connectivity index (χ2n) is 4.95. The van der Waals surface area contributed by atoms with Crippen molar-refractivity contribution in [2.75, 3.05) is 13.7 Å². The highest BCUT2D eigenvalue weighted by atomic mass is 16.5. The first kappa shape index (κ1) is 15.7. The highest BCUT2D eigenvalue weighted by Gasteiger charge is 2.10. The van der Waals surface area contributed by atoms with Crippen molar-refractivity contribution in [3.8, 4) is 17.2 Å². The number of nitrogens with one attached hydrogen (secondary N) is 1. The number of benzene rings is 1. The van der Waals surface area contributed by atoms with E-state index in [-0.39, 0.29) is 5.91 Å². The molecule has 0 radical (unpaired) electrons. The molecule has 24 heavy (non-hydrogen) atoms. The number of aromatic nitrogens is 3. The van der Waals surface area contributed by atoms with Crippen LogP contribution in [0.4, 0.5) is 0 Å². The van der Waals surface area contributed by atoms with Crippen LogP contribution in [0.25, 0.3) is 11.5 Å². The summed E-state index contributed by atoms with van der Waals surface area (Å²) in [6.45, 7) is 0.369. The third kappa shape index (κ3) is 3.75. The Kier molecular flexibility index (Phi) is 4.81. The molecular weight excluding hydrogens is 308 g/mol. The number of nitrogens with zero attached hydrogens (tertiary/aromatic N) is 3. The summed E-state index contributed by atoms with van der Waals surface area (Å²) in [5.41, 5.74) is 1.16. The van der Waals surface area contributed by atoms with E-state index in [9.17, 15) is 4.79 Å². The SMILES string of the molecule is COc1ccnc(C(=O)NCCc2nnc(-c3ccccc3)o2)c1. The Morgan fingerprint density at radius 3 is 2.83 bits per heavy atom. The second-order valence-corrected chi connectivity index (χ2v) is 4.95. The number of hydrogen-bond donors (Lipinski definition) is 1. The molecule has 122 valence electrons. The van der Waals surface area contributed by atoms with Gasteiger partial charge in [-0.05, 0) is 18.2 Å². The third-order valence-corrected chi connectivity index (χ3v) is 3.31. The van der Waals surface area contributed by atoms with E-state index in [4.69, 9.17) is 9.15 Å². The highest BCUT2D eigenvalue weighted by molar-refractivity contribution is 5.92. The molecule has 2 heterocycles. The number of carbonyl (C=O) groups is 1. The van der Waals surface area contributed by atoms with Crippen LogP contribution in [-0.4, -0.2) is 34.7 Å². The van der Waals surface area contributed by atoms with Gasteiger partial charge >= 0.3 is 0 Å². The van der Waals surface area contributed by atoms with E-state index >= 15 is 0 Å². The Labute approximate surface area is 138 Å². The van der Waals surface area contributed by atoms with Gasteiger partial charge in [0.1, 0.15) is 11.4 Å². The topological polar surface area (TPSA) is 90.1 Å². The first-order chi connectivity index (χ1) is 11.8. The Balaban J connectivity index is 1.55. The average Bonchev–Trinajstić information content (AvgIpc) is 3.11. The van der Waals surface area contributed by atoms with Gasteiger partial charge in [0.25, 0.3) is 5.91 Å². The van der Waals surface area contributed by atoms with E-state index in [1.54, 1.807) is 12.1 Å². The van der Waals surface area contributed by atoms with Gasteiger partial charge in [0.15, 0.2) is 0 Å². The molecule has 0 saturated carbocycles. The maximum absolute atomic E-state index is 12.0. The molecule has 0 atom stereocenters. The maximum Gasteiger partial charge on any atom is 0.270 e. The molecule has 0 aliphatic carbocycles. The fourth-order valence-electron chi connectivity index (χ4n) is 2.09. The number of ether oxygens (including phenoxy) is 1. The number of pyridine rings is 1. The van der Waals surface area contributed by atoms with Crippen LogP contribution in [0.15, 0.2) is 53.1 Å². The largest absolute Gasteiger partial charge is 0.497 e. The maximum atomic E-state index is 12.0. The molecule has 0 aliphatic rings. The first-order valence-electron chi connectivity index (χ1n) is 7.42. The van der Waals surface area contributed by atoms with Gasteiger partial charge < -0.3 is 14.5 Å². The van der Waals surface area contributed by atoms with E-state index in [2.05, 4.69) is 20.5 Å². The smallest absolute Gasteiger partial charge is 0.270 e. The van der Waals surface area contributed by atoms with Crippen molar-refractivity contribution in [1.82, 2.24) is 20.5 Å². The van der Waals surface area contributed by atoms with Crippen LogP contribution in [-0.2, 0) is 6.42 Å². The first-order valence-corrected chi connectivity index (χ1v) is 7.42. The van der Waals surface area contributed by atoms with Crippen LogP contribution >= 0.6 is 0 Å². The summed E-state index contributed by atoms with van der Waals surface area (Å²) in [6, 6.07) is 12.8. The van der Waals surface area contributed by atoms with Crippen LogP contribution in [0.3, 0.4) is 0 Å². The molecule has 3 aromatic rings. The fraction of sp³-hybridized carbons (Fsp3) is 0.176. The van der Waals surface area contributed by atoms with E-state index in [0.717, 1.165) is 5.56 Å². The van der Waals surface area contributed by atoms with Crippen LogP contribution in [0.5, 0.6) is 5.75 Å². The average molecular weight is 324 g/mol. The normalized spacial score (nSPS) is 10.4. The zero-order valence-corrected chi connectivity index (χ0v) is 13.1. The number of rotatable bonds is 6. The minimum Gasteiger partial charge on any atom is -0.497 e.